The number of hydrazone groups is 1. The number of anilines is 1. The summed E-state index contributed by atoms with van der Waals surface area (Å²) in [5.41, 5.74) is 11.3. The molecular formula is C20H18N6OS. The molecule has 0 saturated carbocycles. The molecule has 4 aromatic rings. The van der Waals surface area contributed by atoms with E-state index in [0.29, 0.717) is 10.1 Å². The number of carbonyl (C=O) groups excluding carboxylic acids is 1. The summed E-state index contributed by atoms with van der Waals surface area (Å²) < 4.78 is 2.18. The summed E-state index contributed by atoms with van der Waals surface area (Å²) in [5, 5.41) is 13.6. The second-order valence-electron chi connectivity index (χ2n) is 6.22. The average Bonchev–Trinajstić information content (AvgIpc) is 3.26. The second kappa shape index (κ2) is 8.01. The first-order valence-corrected chi connectivity index (χ1v) is 9.52. The molecule has 0 aliphatic rings. The van der Waals surface area contributed by atoms with Crippen molar-refractivity contribution in [1.82, 2.24) is 20.2 Å². The molecule has 2 heterocycles. The van der Waals surface area contributed by atoms with Crippen LogP contribution in [0.25, 0.3) is 10.9 Å². The lowest BCUT2D eigenvalue weighted by Crippen LogP contribution is -2.19. The molecule has 0 spiro atoms. The summed E-state index contributed by atoms with van der Waals surface area (Å²) in [6, 6.07) is 18.4. The van der Waals surface area contributed by atoms with E-state index >= 15 is 0 Å². The fraction of sp³-hybridized carbons (Fsp3) is 0.100. The van der Waals surface area contributed by atoms with Gasteiger partial charge in [0.1, 0.15) is 5.01 Å². The molecular weight excluding hydrogens is 372 g/mol. The second-order valence-corrected chi connectivity index (χ2v) is 7.31. The van der Waals surface area contributed by atoms with E-state index in [1.54, 1.807) is 6.21 Å². The maximum atomic E-state index is 12.0. The minimum absolute atomic E-state index is 0.0992. The predicted octanol–water partition coefficient (Wildman–Crippen LogP) is 2.82. The molecule has 2 aromatic carbocycles. The zero-order chi connectivity index (χ0) is 19.3. The fourth-order valence-corrected chi connectivity index (χ4v) is 3.59. The van der Waals surface area contributed by atoms with E-state index < -0.39 is 0 Å². The van der Waals surface area contributed by atoms with Gasteiger partial charge in [-0.1, -0.05) is 59.9 Å². The number of benzene rings is 2. The topological polar surface area (TPSA) is 98.2 Å². The van der Waals surface area contributed by atoms with Gasteiger partial charge in [0.05, 0.1) is 12.6 Å². The van der Waals surface area contributed by atoms with Gasteiger partial charge in [0.2, 0.25) is 11.0 Å². The molecule has 28 heavy (non-hydrogen) atoms. The number of amides is 1. The first kappa shape index (κ1) is 17.9. The van der Waals surface area contributed by atoms with Gasteiger partial charge in [0.15, 0.2) is 0 Å². The lowest BCUT2D eigenvalue weighted by molar-refractivity contribution is -0.120. The van der Waals surface area contributed by atoms with Crippen molar-refractivity contribution in [2.75, 3.05) is 5.73 Å². The van der Waals surface area contributed by atoms with Gasteiger partial charge >= 0.3 is 0 Å². The highest BCUT2D eigenvalue weighted by atomic mass is 32.1. The standard InChI is InChI=1S/C20H18N6OS/c21-20-25-24-19(28-20)10-18(27)23-22-11-15-13-26(12-14-6-2-1-3-7-14)17-9-5-4-8-16(15)17/h1-9,11,13H,10,12H2,(H2,21,25)(H,23,27)/b22-11+. The first-order chi connectivity index (χ1) is 13.7. The van der Waals surface area contributed by atoms with Gasteiger partial charge in [-0.25, -0.2) is 5.43 Å². The number of fused-ring (bicyclic) bond motifs is 1. The third-order valence-electron chi connectivity index (χ3n) is 4.20. The number of carbonyl (C=O) groups is 1. The number of nitrogens with one attached hydrogen (secondary N) is 1. The molecule has 0 saturated heterocycles. The van der Waals surface area contributed by atoms with Crippen molar-refractivity contribution < 1.29 is 4.79 Å². The summed E-state index contributed by atoms with van der Waals surface area (Å²) in [4.78, 5) is 12.0. The molecule has 7 nitrogen and oxygen atoms in total. The average molecular weight is 390 g/mol. The summed E-state index contributed by atoms with van der Waals surface area (Å²) in [5.74, 6) is -0.263. The Hall–Kier alpha value is -3.52. The van der Waals surface area contributed by atoms with E-state index in [1.165, 1.54) is 16.9 Å². The molecule has 2 aromatic heterocycles. The van der Waals surface area contributed by atoms with Crippen molar-refractivity contribution in [3.8, 4) is 0 Å². The van der Waals surface area contributed by atoms with Gasteiger partial charge in [-0.15, -0.1) is 10.2 Å². The largest absolute Gasteiger partial charge is 0.374 e. The number of nitrogens with zero attached hydrogens (tertiary/aromatic N) is 4. The molecule has 0 unspecified atom stereocenters. The summed E-state index contributed by atoms with van der Waals surface area (Å²) in [7, 11) is 0. The van der Waals surface area contributed by atoms with E-state index in [0.717, 1.165) is 23.0 Å². The molecule has 4 rings (SSSR count). The number of hydrogen-bond acceptors (Lipinski definition) is 6. The third kappa shape index (κ3) is 4.07. The van der Waals surface area contributed by atoms with E-state index in [-0.39, 0.29) is 12.3 Å². The Labute approximate surface area is 165 Å². The number of nitrogen functional groups attached to an aromatic ring is 1. The smallest absolute Gasteiger partial charge is 0.247 e. The Balaban J connectivity index is 1.50. The van der Waals surface area contributed by atoms with E-state index in [1.807, 2.05) is 42.6 Å². The van der Waals surface area contributed by atoms with Crippen LogP contribution in [0.1, 0.15) is 16.1 Å². The Morgan fingerprint density at radius 2 is 1.93 bits per heavy atom. The first-order valence-electron chi connectivity index (χ1n) is 8.70. The van der Waals surface area contributed by atoms with Gasteiger partial charge in [-0.3, -0.25) is 4.79 Å². The van der Waals surface area contributed by atoms with Crippen LogP contribution in [0.3, 0.4) is 0 Å². The van der Waals surface area contributed by atoms with Gasteiger partial charge in [0.25, 0.3) is 0 Å². The van der Waals surface area contributed by atoms with Crippen LogP contribution in [0.15, 0.2) is 65.9 Å². The Kier molecular flexibility index (Phi) is 5.11. The lowest BCUT2D eigenvalue weighted by atomic mass is 10.2. The Morgan fingerprint density at radius 3 is 2.71 bits per heavy atom. The number of hydrogen-bond donors (Lipinski definition) is 2. The van der Waals surface area contributed by atoms with Crippen molar-refractivity contribution in [2.45, 2.75) is 13.0 Å². The van der Waals surface area contributed by atoms with E-state index in [2.05, 4.69) is 43.5 Å². The molecule has 1 amide bonds. The quantitative estimate of drug-likeness (QED) is 0.391. The van der Waals surface area contributed by atoms with Gasteiger partial charge in [0, 0.05) is 29.2 Å². The van der Waals surface area contributed by atoms with Crippen molar-refractivity contribution in [3.63, 3.8) is 0 Å². The minimum atomic E-state index is -0.263. The summed E-state index contributed by atoms with van der Waals surface area (Å²) in [6.45, 7) is 0.764. The third-order valence-corrected chi connectivity index (χ3v) is 4.95. The Bertz CT molecular complexity index is 1130. The maximum absolute atomic E-state index is 12.0. The summed E-state index contributed by atoms with van der Waals surface area (Å²) in [6.07, 6.45) is 3.80. The maximum Gasteiger partial charge on any atom is 0.247 e. The summed E-state index contributed by atoms with van der Waals surface area (Å²) >= 11 is 1.19. The van der Waals surface area contributed by atoms with E-state index in [4.69, 9.17) is 5.73 Å². The molecule has 3 N–H and O–H groups in total. The zero-order valence-electron chi connectivity index (χ0n) is 14.9. The van der Waals surface area contributed by atoms with Crippen molar-refractivity contribution >= 4 is 39.5 Å². The number of rotatable bonds is 6. The minimum Gasteiger partial charge on any atom is -0.374 e. The van der Waals surface area contributed by atoms with Crippen LogP contribution >= 0.6 is 11.3 Å². The van der Waals surface area contributed by atoms with Crippen molar-refractivity contribution in [3.05, 3.63) is 76.9 Å². The molecule has 0 bridgehead atoms. The monoisotopic (exact) mass is 390 g/mol. The van der Waals surface area contributed by atoms with Crippen LogP contribution in [0.2, 0.25) is 0 Å². The Morgan fingerprint density at radius 1 is 1.14 bits per heavy atom. The molecule has 0 aliphatic heterocycles. The van der Waals surface area contributed by atoms with Crippen LogP contribution < -0.4 is 11.2 Å². The number of aromatic nitrogens is 3. The van der Waals surface area contributed by atoms with Crippen LogP contribution in [0.5, 0.6) is 0 Å². The fourth-order valence-electron chi connectivity index (χ4n) is 2.98. The van der Waals surface area contributed by atoms with E-state index in [9.17, 15) is 4.79 Å². The van der Waals surface area contributed by atoms with Crippen LogP contribution in [0.4, 0.5) is 5.13 Å². The van der Waals surface area contributed by atoms with Crippen LogP contribution in [-0.2, 0) is 17.8 Å². The SMILES string of the molecule is Nc1nnc(CC(=O)N/N=C/c2cn(Cc3ccccc3)c3ccccc23)s1. The molecule has 0 aliphatic carbocycles. The van der Waals surface area contributed by atoms with Gasteiger partial charge in [-0.2, -0.15) is 5.10 Å². The number of para-hydroxylation sites is 1. The lowest BCUT2D eigenvalue weighted by Gasteiger charge is -2.05. The molecule has 140 valence electrons. The van der Waals surface area contributed by atoms with Gasteiger partial charge < -0.3 is 10.3 Å². The predicted molar refractivity (Wildman–Crippen MR) is 111 cm³/mol. The number of nitrogens with two attached hydrogens (primary N) is 1. The normalized spacial score (nSPS) is 11.3. The molecule has 0 atom stereocenters. The highest BCUT2D eigenvalue weighted by Gasteiger charge is 2.09. The van der Waals surface area contributed by atoms with Gasteiger partial charge in [-0.05, 0) is 11.6 Å². The highest BCUT2D eigenvalue weighted by Crippen LogP contribution is 2.21. The highest BCUT2D eigenvalue weighted by molar-refractivity contribution is 7.15. The van der Waals surface area contributed by atoms with Crippen LogP contribution in [0, 0.1) is 0 Å². The molecule has 8 heteroatoms. The van der Waals surface area contributed by atoms with Crippen molar-refractivity contribution in [2.24, 2.45) is 5.10 Å². The van der Waals surface area contributed by atoms with Crippen molar-refractivity contribution in [1.29, 1.82) is 0 Å². The molecule has 0 fully saturated rings. The molecule has 0 radical (unpaired) electrons. The zero-order valence-corrected chi connectivity index (χ0v) is 15.8. The van der Waals surface area contributed by atoms with Crippen LogP contribution in [-0.4, -0.2) is 26.9 Å².